The van der Waals surface area contributed by atoms with Gasteiger partial charge in [0.25, 0.3) is 6.02 Å². The van der Waals surface area contributed by atoms with Crippen LogP contribution in [0.2, 0.25) is 0 Å². The molecule has 0 aliphatic carbocycles. The first-order valence-corrected chi connectivity index (χ1v) is 9.92. The Morgan fingerprint density at radius 2 is 1.77 bits per heavy atom. The Bertz CT molecular complexity index is 1130. The van der Waals surface area contributed by atoms with E-state index in [-0.39, 0.29) is 6.02 Å². The zero-order valence-corrected chi connectivity index (χ0v) is 16.7. The fourth-order valence-corrected chi connectivity index (χ4v) is 4.06. The molecule has 152 valence electrons. The maximum Gasteiger partial charge on any atom is 0.283 e. The lowest BCUT2D eigenvalue weighted by atomic mass is 9.83. The molecule has 5 rings (SSSR count). The van der Waals surface area contributed by atoms with Gasteiger partial charge in [-0.1, -0.05) is 24.3 Å². The number of aliphatic imine (C=N–C) groups is 1. The van der Waals surface area contributed by atoms with Crippen LogP contribution in [0.4, 0.5) is 11.4 Å². The highest BCUT2D eigenvalue weighted by Gasteiger charge is 2.40. The van der Waals surface area contributed by atoms with Crippen molar-refractivity contribution in [2.45, 2.75) is 12.0 Å². The van der Waals surface area contributed by atoms with Crippen molar-refractivity contribution in [2.75, 3.05) is 25.6 Å². The van der Waals surface area contributed by atoms with Gasteiger partial charge in [-0.05, 0) is 53.1 Å². The van der Waals surface area contributed by atoms with Crippen molar-refractivity contribution in [1.82, 2.24) is 0 Å². The maximum atomic E-state index is 5.96. The van der Waals surface area contributed by atoms with Crippen LogP contribution >= 0.6 is 0 Å². The molecule has 3 N–H and O–H groups in total. The van der Waals surface area contributed by atoms with Crippen LogP contribution in [0.15, 0.2) is 71.7 Å². The van der Waals surface area contributed by atoms with Gasteiger partial charge in [0.15, 0.2) is 5.54 Å². The fraction of sp³-hybridized carbons (Fsp3) is 0.208. The first-order valence-electron chi connectivity index (χ1n) is 9.92. The molecule has 0 aromatic heterocycles. The van der Waals surface area contributed by atoms with E-state index in [1.54, 1.807) is 7.11 Å². The third-order valence-corrected chi connectivity index (χ3v) is 5.60. The summed E-state index contributed by atoms with van der Waals surface area (Å²) >= 11 is 0. The van der Waals surface area contributed by atoms with Crippen LogP contribution in [0.3, 0.4) is 0 Å². The van der Waals surface area contributed by atoms with Crippen LogP contribution in [-0.4, -0.2) is 26.3 Å². The summed E-state index contributed by atoms with van der Waals surface area (Å²) in [6.07, 6.45) is 0.900. The smallest absolute Gasteiger partial charge is 0.283 e. The first-order chi connectivity index (χ1) is 14.7. The first kappa shape index (κ1) is 18.4. The minimum atomic E-state index is -0.687. The van der Waals surface area contributed by atoms with Gasteiger partial charge in [-0.15, -0.1) is 0 Å². The molecule has 2 heterocycles. The minimum Gasteiger partial charge on any atom is -0.497 e. The van der Waals surface area contributed by atoms with Crippen molar-refractivity contribution in [3.05, 3.63) is 83.4 Å². The molecule has 0 fully saturated rings. The second-order valence-corrected chi connectivity index (χ2v) is 7.46. The number of nitrogens with one attached hydrogen (secondary N) is 1. The molecule has 1 atom stereocenters. The number of fused-ring (bicyclic) bond motifs is 1. The molecule has 0 bridgehead atoms. The number of amidine groups is 1. The largest absolute Gasteiger partial charge is 0.497 e. The van der Waals surface area contributed by atoms with Crippen molar-refractivity contribution in [3.8, 4) is 11.5 Å². The number of methoxy groups -OCH3 is 1. The Labute approximate surface area is 175 Å². The van der Waals surface area contributed by atoms with Crippen LogP contribution in [0.1, 0.15) is 16.7 Å². The van der Waals surface area contributed by atoms with Crippen molar-refractivity contribution < 1.29 is 14.2 Å². The summed E-state index contributed by atoms with van der Waals surface area (Å²) in [7, 11) is 1.66. The Kier molecular flexibility index (Phi) is 4.47. The number of hydrogen-bond donors (Lipinski definition) is 2. The second-order valence-electron chi connectivity index (χ2n) is 7.46. The highest BCUT2D eigenvalue weighted by Crippen LogP contribution is 2.41. The lowest BCUT2D eigenvalue weighted by Crippen LogP contribution is -2.27. The number of anilines is 2. The summed E-state index contributed by atoms with van der Waals surface area (Å²) in [6, 6.07) is 22.5. The average Bonchev–Trinajstić information content (AvgIpc) is 3.40. The quantitative estimate of drug-likeness (QED) is 0.677. The molecule has 2 aliphatic rings. The highest BCUT2D eigenvalue weighted by atomic mass is 16.5. The molecular weight excluding hydrogens is 378 g/mol. The molecule has 2 aliphatic heterocycles. The Morgan fingerprint density at radius 3 is 2.57 bits per heavy atom. The van der Waals surface area contributed by atoms with Gasteiger partial charge < -0.3 is 25.3 Å². The van der Waals surface area contributed by atoms with Crippen molar-refractivity contribution >= 4 is 17.4 Å². The molecule has 0 saturated heterocycles. The average molecular weight is 401 g/mol. The number of benzene rings is 3. The number of nitrogens with zero attached hydrogens (tertiary/aromatic N) is 1. The van der Waals surface area contributed by atoms with E-state index in [1.807, 2.05) is 42.5 Å². The molecule has 1 unspecified atom stereocenters. The van der Waals surface area contributed by atoms with E-state index >= 15 is 0 Å². The predicted molar refractivity (Wildman–Crippen MR) is 117 cm³/mol. The number of ether oxygens (including phenoxy) is 3. The number of rotatable bonds is 5. The normalized spacial score (nSPS) is 19.4. The van der Waals surface area contributed by atoms with Crippen LogP contribution < -0.4 is 20.5 Å². The second kappa shape index (κ2) is 7.30. The Hall–Kier alpha value is -3.67. The molecule has 6 nitrogen and oxygen atoms in total. The lowest BCUT2D eigenvalue weighted by molar-refractivity contribution is 0.278. The summed E-state index contributed by atoms with van der Waals surface area (Å²) in [6.45, 7) is 1.08. The van der Waals surface area contributed by atoms with Gasteiger partial charge in [0.2, 0.25) is 0 Å². The molecule has 6 heteroatoms. The van der Waals surface area contributed by atoms with Crippen molar-refractivity contribution in [2.24, 2.45) is 10.7 Å². The molecule has 3 aromatic carbocycles. The van der Waals surface area contributed by atoms with E-state index in [4.69, 9.17) is 24.9 Å². The van der Waals surface area contributed by atoms with E-state index in [9.17, 15) is 0 Å². The highest BCUT2D eigenvalue weighted by molar-refractivity contribution is 5.75. The van der Waals surface area contributed by atoms with Gasteiger partial charge in [0, 0.05) is 23.9 Å². The van der Waals surface area contributed by atoms with E-state index < -0.39 is 5.54 Å². The van der Waals surface area contributed by atoms with Gasteiger partial charge in [0.05, 0.1) is 13.7 Å². The van der Waals surface area contributed by atoms with Crippen LogP contribution in [-0.2, 0) is 16.7 Å². The summed E-state index contributed by atoms with van der Waals surface area (Å²) in [5.41, 5.74) is 10.4. The number of nitrogens with two attached hydrogens (primary N) is 1. The van der Waals surface area contributed by atoms with E-state index in [1.165, 1.54) is 5.56 Å². The van der Waals surface area contributed by atoms with Gasteiger partial charge in [-0.25, -0.2) is 4.99 Å². The lowest BCUT2D eigenvalue weighted by Gasteiger charge is -2.26. The molecule has 30 heavy (non-hydrogen) atoms. The standard InChI is InChI=1S/C24H23N3O3/c1-28-21-7-3-6-20(14-21)26-19-5-2-4-17(13-19)24(15-30-23(25)27-24)18-8-9-22-16(12-18)10-11-29-22/h2-9,12-14,26H,10-11,15H2,1H3,(H2,25,27). The predicted octanol–water partition coefficient (Wildman–Crippen LogP) is 3.96. The maximum absolute atomic E-state index is 5.96. The van der Waals surface area contributed by atoms with Crippen molar-refractivity contribution in [3.63, 3.8) is 0 Å². The summed E-state index contributed by atoms with van der Waals surface area (Å²) in [5.74, 6) is 1.74. The summed E-state index contributed by atoms with van der Waals surface area (Å²) in [4.78, 5) is 4.75. The van der Waals surface area contributed by atoms with Gasteiger partial charge in [-0.3, -0.25) is 0 Å². The van der Waals surface area contributed by atoms with Crippen LogP contribution in [0.5, 0.6) is 11.5 Å². The van der Waals surface area contributed by atoms with Crippen LogP contribution in [0, 0.1) is 0 Å². The molecule has 0 saturated carbocycles. The molecule has 3 aromatic rings. The SMILES string of the molecule is COc1cccc(Nc2cccc(C3(c4ccc5c(c4)CCO5)COC(N)=N3)c2)c1. The molecule has 0 amide bonds. The topological polar surface area (TPSA) is 78.1 Å². The Morgan fingerprint density at radius 1 is 0.967 bits per heavy atom. The third-order valence-electron chi connectivity index (χ3n) is 5.60. The number of hydrogen-bond acceptors (Lipinski definition) is 6. The van der Waals surface area contributed by atoms with E-state index in [0.717, 1.165) is 40.4 Å². The summed E-state index contributed by atoms with van der Waals surface area (Å²) < 4.78 is 16.6. The minimum absolute atomic E-state index is 0.206. The molecule has 0 radical (unpaired) electrons. The Balaban J connectivity index is 1.54. The van der Waals surface area contributed by atoms with Crippen LogP contribution in [0.25, 0.3) is 0 Å². The van der Waals surface area contributed by atoms with Gasteiger partial charge in [0.1, 0.15) is 18.1 Å². The van der Waals surface area contributed by atoms with Gasteiger partial charge >= 0.3 is 0 Å². The van der Waals surface area contributed by atoms with E-state index in [2.05, 4.69) is 29.6 Å². The van der Waals surface area contributed by atoms with Gasteiger partial charge in [-0.2, -0.15) is 0 Å². The molecular formula is C24H23N3O3. The third kappa shape index (κ3) is 3.20. The monoisotopic (exact) mass is 401 g/mol. The van der Waals surface area contributed by atoms with Crippen molar-refractivity contribution in [1.29, 1.82) is 0 Å². The van der Waals surface area contributed by atoms with E-state index in [0.29, 0.717) is 13.2 Å². The fourth-order valence-electron chi connectivity index (χ4n) is 4.06. The zero-order valence-electron chi connectivity index (χ0n) is 16.7. The summed E-state index contributed by atoms with van der Waals surface area (Å²) in [5, 5.41) is 3.44. The molecule has 0 spiro atoms. The zero-order chi connectivity index (χ0) is 20.6.